The first-order chi connectivity index (χ1) is 12.9. The van der Waals surface area contributed by atoms with Gasteiger partial charge in [-0.05, 0) is 49.8 Å². The Bertz CT molecular complexity index is 545. The molecule has 0 unspecified atom stereocenters. The van der Waals surface area contributed by atoms with Gasteiger partial charge in [0.25, 0.3) is 0 Å². The maximum absolute atomic E-state index is 11.2. The topological polar surface area (TPSA) is 52.6 Å². The SMILES string of the molecule is CCOC(CCc1cc(CCSC(C)=O)cc(CCSC(C)=O)c1)OCC. The number of aryl methyl sites for hydroxylation is 3. The molecular formula is C21H32O4S2. The van der Waals surface area contributed by atoms with E-state index in [4.69, 9.17) is 9.47 Å². The summed E-state index contributed by atoms with van der Waals surface area (Å²) in [5, 5.41) is 0.306. The molecule has 0 saturated carbocycles. The Labute approximate surface area is 172 Å². The molecule has 0 N–H and O–H groups in total. The second-order valence-corrected chi connectivity index (χ2v) is 8.76. The van der Waals surface area contributed by atoms with Crippen LogP contribution in [0.25, 0.3) is 0 Å². The van der Waals surface area contributed by atoms with Crippen LogP contribution in [-0.2, 0) is 38.3 Å². The second-order valence-electron chi connectivity index (χ2n) is 6.22. The molecule has 1 aromatic carbocycles. The molecule has 27 heavy (non-hydrogen) atoms. The number of carbonyl (C=O) groups excluding carboxylic acids is 2. The lowest BCUT2D eigenvalue weighted by atomic mass is 9.99. The van der Waals surface area contributed by atoms with Crippen LogP contribution in [0.1, 0.15) is 50.8 Å². The van der Waals surface area contributed by atoms with E-state index in [-0.39, 0.29) is 16.5 Å². The first-order valence-electron chi connectivity index (χ1n) is 9.56. The zero-order chi connectivity index (χ0) is 20.1. The lowest BCUT2D eigenvalue weighted by Crippen LogP contribution is -2.18. The Kier molecular flexibility index (Phi) is 12.8. The van der Waals surface area contributed by atoms with Crippen molar-refractivity contribution in [2.45, 2.75) is 59.7 Å². The molecule has 0 bridgehead atoms. The van der Waals surface area contributed by atoms with Gasteiger partial charge in [-0.1, -0.05) is 41.7 Å². The zero-order valence-electron chi connectivity index (χ0n) is 16.9. The van der Waals surface area contributed by atoms with Crippen molar-refractivity contribution in [3.05, 3.63) is 34.9 Å². The van der Waals surface area contributed by atoms with Crippen LogP contribution in [0.15, 0.2) is 18.2 Å². The van der Waals surface area contributed by atoms with Gasteiger partial charge in [0.15, 0.2) is 16.5 Å². The summed E-state index contributed by atoms with van der Waals surface area (Å²) in [6, 6.07) is 6.64. The van der Waals surface area contributed by atoms with E-state index in [0.717, 1.165) is 37.2 Å². The van der Waals surface area contributed by atoms with Gasteiger partial charge in [-0.2, -0.15) is 0 Å². The lowest BCUT2D eigenvalue weighted by Gasteiger charge is -2.17. The molecule has 0 heterocycles. The Morgan fingerprint density at radius 3 is 1.59 bits per heavy atom. The summed E-state index contributed by atoms with van der Waals surface area (Å²) in [4.78, 5) is 22.3. The molecule has 0 aliphatic heterocycles. The third-order valence-electron chi connectivity index (χ3n) is 3.88. The molecule has 0 saturated heterocycles. The van der Waals surface area contributed by atoms with E-state index < -0.39 is 0 Å². The molecule has 4 nitrogen and oxygen atoms in total. The summed E-state index contributed by atoms with van der Waals surface area (Å²) in [7, 11) is 0. The molecule has 1 rings (SSSR count). The minimum atomic E-state index is -0.173. The highest BCUT2D eigenvalue weighted by Gasteiger charge is 2.10. The molecule has 1 aromatic rings. The second kappa shape index (κ2) is 14.2. The van der Waals surface area contributed by atoms with Gasteiger partial charge < -0.3 is 9.47 Å². The fourth-order valence-corrected chi connectivity index (χ4v) is 4.02. The van der Waals surface area contributed by atoms with Crippen LogP contribution in [0.4, 0.5) is 0 Å². The van der Waals surface area contributed by atoms with Gasteiger partial charge >= 0.3 is 0 Å². The van der Waals surface area contributed by atoms with Crippen molar-refractivity contribution in [2.24, 2.45) is 0 Å². The van der Waals surface area contributed by atoms with E-state index in [1.807, 2.05) is 13.8 Å². The third-order valence-corrected chi connectivity index (χ3v) is 5.51. The molecule has 152 valence electrons. The molecule has 0 aliphatic rings. The van der Waals surface area contributed by atoms with Crippen molar-refractivity contribution < 1.29 is 19.1 Å². The Morgan fingerprint density at radius 2 is 1.22 bits per heavy atom. The average molecular weight is 413 g/mol. The quantitative estimate of drug-likeness (QED) is 0.439. The van der Waals surface area contributed by atoms with Crippen LogP contribution in [-0.4, -0.2) is 41.2 Å². The van der Waals surface area contributed by atoms with Crippen molar-refractivity contribution in [3.63, 3.8) is 0 Å². The summed E-state index contributed by atoms with van der Waals surface area (Å²) in [6.45, 7) is 8.44. The number of benzene rings is 1. The van der Waals surface area contributed by atoms with Crippen LogP contribution in [0.2, 0.25) is 0 Å². The highest BCUT2D eigenvalue weighted by molar-refractivity contribution is 8.13. The van der Waals surface area contributed by atoms with Crippen molar-refractivity contribution in [3.8, 4) is 0 Å². The van der Waals surface area contributed by atoms with E-state index in [0.29, 0.717) is 13.2 Å². The van der Waals surface area contributed by atoms with E-state index in [2.05, 4.69) is 18.2 Å². The van der Waals surface area contributed by atoms with E-state index in [9.17, 15) is 9.59 Å². The summed E-state index contributed by atoms with van der Waals surface area (Å²) in [5.74, 6) is 1.59. The largest absolute Gasteiger partial charge is 0.353 e. The monoisotopic (exact) mass is 412 g/mol. The molecule has 6 heteroatoms. The molecule has 0 amide bonds. The van der Waals surface area contributed by atoms with Crippen LogP contribution in [0.3, 0.4) is 0 Å². The van der Waals surface area contributed by atoms with E-state index in [1.54, 1.807) is 13.8 Å². The van der Waals surface area contributed by atoms with E-state index >= 15 is 0 Å². The predicted molar refractivity (Wildman–Crippen MR) is 115 cm³/mol. The van der Waals surface area contributed by atoms with Crippen LogP contribution < -0.4 is 0 Å². The van der Waals surface area contributed by atoms with Crippen molar-refractivity contribution in [2.75, 3.05) is 24.7 Å². The highest BCUT2D eigenvalue weighted by atomic mass is 32.2. The molecule has 0 aromatic heterocycles. The summed E-state index contributed by atoms with van der Waals surface area (Å²) in [6.07, 6.45) is 3.25. The Morgan fingerprint density at radius 1 is 0.815 bits per heavy atom. The van der Waals surface area contributed by atoms with Gasteiger partial charge in [0.1, 0.15) is 0 Å². The fraction of sp³-hybridized carbons (Fsp3) is 0.619. The number of hydrogen-bond donors (Lipinski definition) is 0. The first kappa shape index (κ1) is 24.2. The van der Waals surface area contributed by atoms with Crippen LogP contribution in [0, 0.1) is 0 Å². The van der Waals surface area contributed by atoms with Crippen molar-refractivity contribution in [1.29, 1.82) is 0 Å². The average Bonchev–Trinajstić information content (AvgIpc) is 2.59. The van der Waals surface area contributed by atoms with Gasteiger partial charge in [-0.3, -0.25) is 9.59 Å². The van der Waals surface area contributed by atoms with Crippen molar-refractivity contribution >= 4 is 33.8 Å². The molecule has 0 fully saturated rings. The number of carbonyl (C=O) groups is 2. The normalized spacial score (nSPS) is 11.1. The van der Waals surface area contributed by atoms with Gasteiger partial charge in [-0.25, -0.2) is 0 Å². The number of ether oxygens (including phenoxy) is 2. The van der Waals surface area contributed by atoms with Gasteiger partial charge in [0.05, 0.1) is 0 Å². The summed E-state index contributed by atoms with van der Waals surface area (Å²) in [5.41, 5.74) is 3.74. The van der Waals surface area contributed by atoms with Crippen LogP contribution in [0.5, 0.6) is 0 Å². The maximum atomic E-state index is 11.2. The maximum Gasteiger partial charge on any atom is 0.185 e. The summed E-state index contributed by atoms with van der Waals surface area (Å²) >= 11 is 2.73. The van der Waals surface area contributed by atoms with Crippen LogP contribution >= 0.6 is 23.5 Å². The van der Waals surface area contributed by atoms with Crippen molar-refractivity contribution in [1.82, 2.24) is 0 Å². The Hall–Kier alpha value is -0.820. The minimum absolute atomic E-state index is 0.153. The standard InChI is InChI=1S/C21H32O4S2/c1-5-24-21(25-6-2)8-7-18-13-19(9-11-26-16(3)22)15-20(14-18)10-12-27-17(4)23/h13-15,21H,5-12H2,1-4H3. The van der Waals surface area contributed by atoms with Gasteiger partial charge in [0, 0.05) is 45.0 Å². The Balaban J connectivity index is 2.78. The number of hydrogen-bond acceptors (Lipinski definition) is 6. The summed E-state index contributed by atoms with van der Waals surface area (Å²) < 4.78 is 11.3. The highest BCUT2D eigenvalue weighted by Crippen LogP contribution is 2.18. The number of thioether (sulfide) groups is 2. The predicted octanol–water partition coefficient (Wildman–Crippen LogP) is 4.66. The van der Waals surface area contributed by atoms with E-state index in [1.165, 1.54) is 40.2 Å². The van der Waals surface area contributed by atoms with Gasteiger partial charge in [0.2, 0.25) is 0 Å². The molecule has 0 radical (unpaired) electrons. The molecule has 0 aliphatic carbocycles. The van der Waals surface area contributed by atoms with Gasteiger partial charge in [-0.15, -0.1) is 0 Å². The molecule has 0 atom stereocenters. The molecule has 0 spiro atoms. The smallest absolute Gasteiger partial charge is 0.185 e. The molecular weight excluding hydrogens is 380 g/mol. The third kappa shape index (κ3) is 11.6. The fourth-order valence-electron chi connectivity index (χ4n) is 2.77. The zero-order valence-corrected chi connectivity index (χ0v) is 18.5. The lowest BCUT2D eigenvalue weighted by molar-refractivity contribution is -0.139. The number of rotatable bonds is 13. The minimum Gasteiger partial charge on any atom is -0.353 e. The first-order valence-corrected chi connectivity index (χ1v) is 11.5.